The molecule has 0 aliphatic heterocycles. The molecule has 7 heteroatoms. The topological polar surface area (TPSA) is 95.2 Å². The first-order chi connectivity index (χ1) is 7.06. The summed E-state index contributed by atoms with van der Waals surface area (Å²) in [7, 11) is 0. The van der Waals surface area contributed by atoms with E-state index >= 15 is 0 Å². The van der Waals surface area contributed by atoms with Gasteiger partial charge in [0.05, 0.1) is 9.40 Å². The number of halogens is 2. The zero-order valence-electron chi connectivity index (χ0n) is 8.43. The van der Waals surface area contributed by atoms with Gasteiger partial charge in [0.15, 0.2) is 0 Å². The van der Waals surface area contributed by atoms with Crippen LogP contribution in [0.4, 0.5) is 5.69 Å². The fraction of sp³-hybridized carbons (Fsp3) is 0.333. The van der Waals surface area contributed by atoms with Crippen molar-refractivity contribution in [3.05, 3.63) is 38.3 Å². The van der Waals surface area contributed by atoms with Gasteiger partial charge in [-0.15, -0.1) is 12.4 Å². The van der Waals surface area contributed by atoms with Crippen molar-refractivity contribution >= 4 is 34.0 Å². The largest absolute Gasteiger partial charge is 0.330 e. The Hall–Kier alpha value is -0.690. The summed E-state index contributed by atoms with van der Waals surface area (Å²) in [6, 6.07) is 4.62. The summed E-state index contributed by atoms with van der Waals surface area (Å²) in [6.07, 6.45) is 0.610. The van der Waals surface area contributed by atoms with Crippen LogP contribution in [0.15, 0.2) is 22.7 Å². The number of nitrogens with two attached hydrogens (primary N) is 2. The van der Waals surface area contributed by atoms with E-state index in [1.54, 1.807) is 12.1 Å². The first-order valence-electron chi connectivity index (χ1n) is 4.45. The number of nitro benzene ring substituents is 1. The Morgan fingerprint density at radius 2 is 2.12 bits per heavy atom. The third-order valence-corrected chi connectivity index (χ3v) is 2.74. The minimum Gasteiger partial charge on any atom is -0.330 e. The average Bonchev–Trinajstić information content (AvgIpc) is 2.18. The fourth-order valence-corrected chi connectivity index (χ4v) is 1.64. The lowest BCUT2D eigenvalue weighted by Gasteiger charge is -2.10. The smallest absolute Gasteiger partial charge is 0.283 e. The predicted molar refractivity (Wildman–Crippen MR) is 68.6 cm³/mol. The number of hydrogen-bond donors (Lipinski definition) is 2. The highest BCUT2D eigenvalue weighted by Gasteiger charge is 2.14. The average molecular weight is 311 g/mol. The molecule has 1 aromatic rings. The van der Waals surface area contributed by atoms with Gasteiger partial charge in [0.25, 0.3) is 5.69 Å². The maximum atomic E-state index is 10.7. The molecule has 1 atom stereocenters. The van der Waals surface area contributed by atoms with E-state index in [0.29, 0.717) is 17.4 Å². The van der Waals surface area contributed by atoms with Gasteiger partial charge in [-0.05, 0) is 40.5 Å². The molecule has 0 aliphatic rings. The van der Waals surface area contributed by atoms with Crippen LogP contribution in [0, 0.1) is 10.1 Å². The van der Waals surface area contributed by atoms with E-state index in [2.05, 4.69) is 15.9 Å². The molecule has 0 fully saturated rings. The van der Waals surface area contributed by atoms with Gasteiger partial charge in [0, 0.05) is 12.1 Å². The SMILES string of the molecule is Cl.NCC[C@@H](N)c1ccc(Br)c([N+](=O)[O-])c1. The summed E-state index contributed by atoms with van der Waals surface area (Å²) in [5.41, 5.74) is 11.9. The minimum atomic E-state index is -0.442. The van der Waals surface area contributed by atoms with Crippen molar-refractivity contribution in [2.45, 2.75) is 12.5 Å². The summed E-state index contributed by atoms with van der Waals surface area (Å²) < 4.78 is 0.455. The van der Waals surface area contributed by atoms with Crippen LogP contribution in [0.5, 0.6) is 0 Å². The predicted octanol–water partition coefficient (Wildman–Crippen LogP) is 2.13. The number of rotatable bonds is 4. The summed E-state index contributed by atoms with van der Waals surface area (Å²) >= 11 is 3.11. The van der Waals surface area contributed by atoms with E-state index < -0.39 is 4.92 Å². The van der Waals surface area contributed by atoms with E-state index in [9.17, 15) is 10.1 Å². The van der Waals surface area contributed by atoms with Crippen LogP contribution in [-0.2, 0) is 0 Å². The summed E-state index contributed by atoms with van der Waals surface area (Å²) in [4.78, 5) is 10.2. The highest BCUT2D eigenvalue weighted by atomic mass is 79.9. The van der Waals surface area contributed by atoms with Crippen LogP contribution < -0.4 is 11.5 Å². The van der Waals surface area contributed by atoms with Crippen molar-refractivity contribution in [1.29, 1.82) is 0 Å². The van der Waals surface area contributed by atoms with Crippen molar-refractivity contribution in [3.8, 4) is 0 Å². The molecule has 0 amide bonds. The van der Waals surface area contributed by atoms with E-state index in [1.165, 1.54) is 6.07 Å². The molecular formula is C9H13BrClN3O2. The van der Waals surface area contributed by atoms with Crippen molar-refractivity contribution in [3.63, 3.8) is 0 Å². The molecule has 0 aliphatic carbocycles. The molecule has 0 bridgehead atoms. The van der Waals surface area contributed by atoms with E-state index in [4.69, 9.17) is 11.5 Å². The van der Waals surface area contributed by atoms with E-state index in [-0.39, 0.29) is 24.1 Å². The van der Waals surface area contributed by atoms with Crippen LogP contribution in [-0.4, -0.2) is 11.5 Å². The molecular weight excluding hydrogens is 297 g/mol. The highest BCUT2D eigenvalue weighted by Crippen LogP contribution is 2.28. The second-order valence-corrected chi connectivity index (χ2v) is 4.01. The van der Waals surface area contributed by atoms with Crippen LogP contribution >= 0.6 is 28.3 Å². The molecule has 5 nitrogen and oxygen atoms in total. The van der Waals surface area contributed by atoms with Crippen LogP contribution in [0.2, 0.25) is 0 Å². The molecule has 90 valence electrons. The maximum absolute atomic E-state index is 10.7. The Morgan fingerprint density at radius 1 is 1.50 bits per heavy atom. The zero-order valence-corrected chi connectivity index (χ0v) is 10.8. The van der Waals surface area contributed by atoms with Gasteiger partial charge in [0.1, 0.15) is 0 Å². The quantitative estimate of drug-likeness (QED) is 0.658. The molecule has 16 heavy (non-hydrogen) atoms. The second kappa shape index (κ2) is 6.80. The second-order valence-electron chi connectivity index (χ2n) is 3.15. The van der Waals surface area contributed by atoms with Gasteiger partial charge in [-0.3, -0.25) is 10.1 Å². The number of benzene rings is 1. The van der Waals surface area contributed by atoms with E-state index in [0.717, 1.165) is 5.56 Å². The monoisotopic (exact) mass is 309 g/mol. The van der Waals surface area contributed by atoms with Crippen molar-refractivity contribution in [2.75, 3.05) is 6.54 Å². The lowest BCUT2D eigenvalue weighted by atomic mass is 10.0. The molecule has 0 aromatic heterocycles. The molecule has 0 saturated carbocycles. The van der Waals surface area contributed by atoms with Gasteiger partial charge >= 0.3 is 0 Å². The third kappa shape index (κ3) is 3.71. The van der Waals surface area contributed by atoms with Crippen molar-refractivity contribution < 1.29 is 4.92 Å². The summed E-state index contributed by atoms with van der Waals surface area (Å²) in [6.45, 7) is 0.463. The number of nitro groups is 1. The Kier molecular flexibility index (Phi) is 6.51. The third-order valence-electron chi connectivity index (χ3n) is 2.07. The molecule has 4 N–H and O–H groups in total. The van der Waals surface area contributed by atoms with Gasteiger partial charge in [0.2, 0.25) is 0 Å². The molecule has 0 heterocycles. The fourth-order valence-electron chi connectivity index (χ4n) is 1.25. The lowest BCUT2D eigenvalue weighted by molar-refractivity contribution is -0.385. The Labute approximate surface area is 108 Å². The van der Waals surface area contributed by atoms with Crippen LogP contribution in [0.25, 0.3) is 0 Å². The molecule has 0 saturated heterocycles. The van der Waals surface area contributed by atoms with Gasteiger partial charge in [-0.2, -0.15) is 0 Å². The Morgan fingerprint density at radius 3 is 2.62 bits per heavy atom. The first kappa shape index (κ1) is 15.3. The van der Waals surface area contributed by atoms with Crippen molar-refractivity contribution in [1.82, 2.24) is 0 Å². The number of hydrogen-bond acceptors (Lipinski definition) is 4. The standard InChI is InChI=1S/C9H12BrN3O2.ClH/c10-7-2-1-6(8(12)3-4-11)5-9(7)13(14)15;/h1-2,5,8H,3-4,11-12H2;1H/t8-;/m1./s1. The molecule has 0 spiro atoms. The molecule has 0 radical (unpaired) electrons. The minimum absolute atomic E-state index is 0. The van der Waals surface area contributed by atoms with Gasteiger partial charge < -0.3 is 11.5 Å². The summed E-state index contributed by atoms with van der Waals surface area (Å²) in [5, 5.41) is 10.7. The first-order valence-corrected chi connectivity index (χ1v) is 5.25. The van der Waals surface area contributed by atoms with Gasteiger partial charge in [-0.25, -0.2) is 0 Å². The maximum Gasteiger partial charge on any atom is 0.283 e. The zero-order chi connectivity index (χ0) is 11.4. The Balaban J connectivity index is 0.00000225. The van der Waals surface area contributed by atoms with E-state index in [1.807, 2.05) is 0 Å². The van der Waals surface area contributed by atoms with Crippen molar-refractivity contribution in [2.24, 2.45) is 11.5 Å². The normalized spacial score (nSPS) is 11.7. The summed E-state index contributed by atoms with van der Waals surface area (Å²) in [5.74, 6) is 0. The lowest BCUT2D eigenvalue weighted by Crippen LogP contribution is -2.15. The highest BCUT2D eigenvalue weighted by molar-refractivity contribution is 9.10. The molecule has 0 unspecified atom stereocenters. The Bertz CT molecular complexity index is 376. The molecule has 1 aromatic carbocycles. The number of nitrogens with zero attached hydrogens (tertiary/aromatic N) is 1. The molecule has 1 rings (SSSR count). The van der Waals surface area contributed by atoms with Crippen LogP contribution in [0.3, 0.4) is 0 Å². The van der Waals surface area contributed by atoms with Crippen LogP contribution in [0.1, 0.15) is 18.0 Å². The van der Waals surface area contributed by atoms with Gasteiger partial charge in [-0.1, -0.05) is 6.07 Å².